The largest absolute Gasteiger partial charge is 0.376 e. The molecule has 0 atom stereocenters. The maximum Gasteiger partial charge on any atom is 0.252 e. The second-order valence-corrected chi connectivity index (χ2v) is 7.62. The van der Waals surface area contributed by atoms with Gasteiger partial charge in [-0.15, -0.1) is 0 Å². The Kier molecular flexibility index (Phi) is 3.17. The molecule has 3 aromatic rings. The molecule has 5 nitrogen and oxygen atoms in total. The van der Waals surface area contributed by atoms with Crippen LogP contribution in [-0.4, -0.2) is 27.9 Å². The van der Waals surface area contributed by atoms with Gasteiger partial charge in [0, 0.05) is 25.0 Å². The molecule has 5 heteroatoms. The third-order valence-electron chi connectivity index (χ3n) is 5.86. The van der Waals surface area contributed by atoms with Crippen LogP contribution in [0, 0.1) is 6.92 Å². The minimum absolute atomic E-state index is 0.0261. The second-order valence-electron chi connectivity index (χ2n) is 7.62. The zero-order chi connectivity index (χ0) is 17.9. The first-order chi connectivity index (χ1) is 12.6. The van der Waals surface area contributed by atoms with E-state index in [2.05, 4.69) is 34.9 Å². The molecule has 2 N–H and O–H groups in total. The molecule has 3 heterocycles. The van der Waals surface area contributed by atoms with E-state index >= 15 is 0 Å². The van der Waals surface area contributed by atoms with Crippen molar-refractivity contribution in [2.45, 2.75) is 38.1 Å². The number of pyridine rings is 1. The topological polar surface area (TPSA) is 58.4 Å². The van der Waals surface area contributed by atoms with Crippen LogP contribution in [0.3, 0.4) is 0 Å². The van der Waals surface area contributed by atoms with Gasteiger partial charge in [0.25, 0.3) is 5.91 Å². The Morgan fingerprint density at radius 3 is 2.65 bits per heavy atom. The highest BCUT2D eigenvalue weighted by molar-refractivity contribution is 5.98. The average Bonchev–Trinajstić information content (AvgIpc) is 3.19. The van der Waals surface area contributed by atoms with Crippen LogP contribution in [0.5, 0.6) is 0 Å². The third-order valence-corrected chi connectivity index (χ3v) is 5.86. The number of aromatic nitrogens is 2. The van der Waals surface area contributed by atoms with Crippen molar-refractivity contribution in [3.8, 4) is 0 Å². The van der Waals surface area contributed by atoms with Crippen LogP contribution in [0.4, 0.5) is 5.69 Å². The number of carbonyl (C=O) groups is 1. The third kappa shape index (κ3) is 2.16. The molecule has 2 aromatic heterocycles. The van der Waals surface area contributed by atoms with Crippen LogP contribution in [0.1, 0.15) is 39.2 Å². The summed E-state index contributed by atoms with van der Waals surface area (Å²) in [5, 5.41) is 6.61. The van der Waals surface area contributed by atoms with Crippen molar-refractivity contribution in [2.24, 2.45) is 0 Å². The lowest BCUT2D eigenvalue weighted by Gasteiger charge is -2.37. The van der Waals surface area contributed by atoms with Gasteiger partial charge in [0.05, 0.1) is 16.9 Å². The van der Waals surface area contributed by atoms with Gasteiger partial charge in [0.1, 0.15) is 0 Å². The zero-order valence-corrected chi connectivity index (χ0v) is 15.1. The molecule has 1 spiro atoms. The maximum atomic E-state index is 12.5. The van der Waals surface area contributed by atoms with Crippen molar-refractivity contribution in [2.75, 3.05) is 12.4 Å². The van der Waals surface area contributed by atoms with Crippen LogP contribution in [0.2, 0.25) is 0 Å². The minimum atomic E-state index is -0.0399. The zero-order valence-electron chi connectivity index (χ0n) is 15.1. The van der Waals surface area contributed by atoms with Gasteiger partial charge in [-0.05, 0) is 49.3 Å². The van der Waals surface area contributed by atoms with Crippen molar-refractivity contribution in [1.82, 2.24) is 14.7 Å². The summed E-state index contributed by atoms with van der Waals surface area (Å²) in [4.78, 5) is 17.2. The van der Waals surface area contributed by atoms with Gasteiger partial charge in [-0.1, -0.05) is 24.3 Å². The lowest BCUT2D eigenvalue weighted by atomic mass is 9.82. The van der Waals surface area contributed by atoms with Crippen molar-refractivity contribution in [1.29, 1.82) is 0 Å². The summed E-state index contributed by atoms with van der Waals surface area (Å²) in [6, 6.07) is 8.71. The first-order valence-electron chi connectivity index (χ1n) is 9.17. The Morgan fingerprint density at radius 1 is 1.23 bits per heavy atom. The van der Waals surface area contributed by atoms with Gasteiger partial charge in [-0.2, -0.15) is 0 Å². The van der Waals surface area contributed by atoms with E-state index in [1.54, 1.807) is 7.05 Å². The van der Waals surface area contributed by atoms with Gasteiger partial charge in [0.2, 0.25) is 0 Å². The smallest absolute Gasteiger partial charge is 0.252 e. The molecular weight excluding hydrogens is 324 g/mol. The number of rotatable bonds is 1. The molecule has 0 fully saturated rings. The van der Waals surface area contributed by atoms with Gasteiger partial charge in [0.15, 0.2) is 5.65 Å². The normalized spacial score (nSPS) is 17.0. The fourth-order valence-corrected chi connectivity index (χ4v) is 4.66. The number of benzene rings is 1. The monoisotopic (exact) mass is 346 g/mol. The van der Waals surface area contributed by atoms with Crippen molar-refractivity contribution in [3.05, 3.63) is 64.6 Å². The number of nitrogens with zero attached hydrogens (tertiary/aromatic N) is 2. The summed E-state index contributed by atoms with van der Waals surface area (Å²) in [6.07, 6.45) is 7.86. The molecule has 1 aliphatic carbocycles. The molecule has 0 bridgehead atoms. The number of anilines is 1. The first-order valence-corrected chi connectivity index (χ1v) is 9.17. The van der Waals surface area contributed by atoms with Gasteiger partial charge >= 0.3 is 0 Å². The Bertz CT molecular complexity index is 1020. The number of fused-ring (bicyclic) bond motifs is 4. The van der Waals surface area contributed by atoms with Crippen LogP contribution >= 0.6 is 0 Å². The fourth-order valence-electron chi connectivity index (χ4n) is 4.66. The minimum Gasteiger partial charge on any atom is -0.376 e. The fraction of sp³-hybridized carbons (Fsp3) is 0.333. The highest BCUT2D eigenvalue weighted by Crippen LogP contribution is 2.42. The van der Waals surface area contributed by atoms with E-state index in [1.807, 2.05) is 23.7 Å². The Morgan fingerprint density at radius 2 is 1.96 bits per heavy atom. The van der Waals surface area contributed by atoms with E-state index in [1.165, 1.54) is 11.1 Å². The molecule has 0 saturated carbocycles. The molecule has 1 aromatic carbocycles. The van der Waals surface area contributed by atoms with Crippen LogP contribution in [0.25, 0.3) is 5.65 Å². The van der Waals surface area contributed by atoms with E-state index in [0.29, 0.717) is 0 Å². The molecule has 0 saturated heterocycles. The lowest BCUT2D eigenvalue weighted by molar-refractivity contribution is 0.0961. The maximum absolute atomic E-state index is 12.5. The molecular formula is C21H22N4O. The lowest BCUT2D eigenvalue weighted by Crippen LogP contribution is -2.43. The highest BCUT2D eigenvalue weighted by Gasteiger charge is 2.41. The number of carbonyl (C=O) groups excluding carboxylic acids is 1. The van der Waals surface area contributed by atoms with Crippen molar-refractivity contribution in [3.63, 3.8) is 0 Å². The average molecular weight is 346 g/mol. The van der Waals surface area contributed by atoms with Crippen LogP contribution < -0.4 is 10.6 Å². The Labute approximate surface area is 152 Å². The predicted molar refractivity (Wildman–Crippen MR) is 102 cm³/mol. The Hall–Kier alpha value is -2.82. The van der Waals surface area contributed by atoms with Gasteiger partial charge in [-0.3, -0.25) is 4.79 Å². The molecule has 5 rings (SSSR count). The summed E-state index contributed by atoms with van der Waals surface area (Å²) in [7, 11) is 1.68. The van der Waals surface area contributed by atoms with Crippen LogP contribution in [-0.2, 0) is 19.3 Å². The molecule has 132 valence electrons. The summed E-state index contributed by atoms with van der Waals surface area (Å²) < 4.78 is 1.98. The molecule has 1 amide bonds. The molecule has 0 unspecified atom stereocenters. The van der Waals surface area contributed by atoms with E-state index in [9.17, 15) is 4.79 Å². The number of aryl methyl sites for hydroxylation is 1. The summed E-state index contributed by atoms with van der Waals surface area (Å²) in [5.74, 6) is -0.0399. The Balaban J connectivity index is 1.65. The van der Waals surface area contributed by atoms with E-state index in [0.717, 1.165) is 53.8 Å². The summed E-state index contributed by atoms with van der Waals surface area (Å²) in [5.41, 5.74) is 7.62. The number of imidazole rings is 1. The quantitative estimate of drug-likeness (QED) is 0.712. The number of hydrogen-bond donors (Lipinski definition) is 2. The van der Waals surface area contributed by atoms with E-state index < -0.39 is 0 Å². The van der Waals surface area contributed by atoms with E-state index in [-0.39, 0.29) is 11.4 Å². The van der Waals surface area contributed by atoms with Crippen molar-refractivity contribution < 1.29 is 4.79 Å². The van der Waals surface area contributed by atoms with E-state index in [4.69, 9.17) is 4.98 Å². The summed E-state index contributed by atoms with van der Waals surface area (Å²) >= 11 is 0. The predicted octanol–water partition coefficient (Wildman–Crippen LogP) is 2.90. The summed E-state index contributed by atoms with van der Waals surface area (Å²) in [6.45, 7) is 1.99. The number of hydrogen-bond acceptors (Lipinski definition) is 3. The standard InChI is InChI=1S/C21H22N4O/c1-13-11-25-12-17(20(26)22-2)16-7-8-21(24-18(16)19(25)23-13)9-14-5-3-4-6-15(14)10-21/h3-6,11-12,24H,7-10H2,1-2H3,(H,22,26). The first kappa shape index (κ1) is 15.4. The molecule has 1 aliphatic heterocycles. The molecule has 0 radical (unpaired) electrons. The van der Waals surface area contributed by atoms with Crippen molar-refractivity contribution >= 4 is 17.2 Å². The second kappa shape index (κ2) is 5.34. The molecule has 2 aliphatic rings. The van der Waals surface area contributed by atoms with Crippen LogP contribution in [0.15, 0.2) is 36.7 Å². The van der Waals surface area contributed by atoms with Gasteiger partial charge in [-0.25, -0.2) is 4.98 Å². The number of amides is 1. The number of nitrogens with one attached hydrogen (secondary N) is 2. The highest BCUT2D eigenvalue weighted by atomic mass is 16.1. The van der Waals surface area contributed by atoms with Gasteiger partial charge < -0.3 is 15.0 Å². The molecule has 26 heavy (non-hydrogen) atoms. The SMILES string of the molecule is CNC(=O)c1cn2cc(C)nc2c2c1CCC1(Cc3ccccc3C1)N2.